The number of hydrogen-bond acceptors (Lipinski definition) is 6. The van der Waals surface area contributed by atoms with Crippen molar-refractivity contribution in [1.29, 1.82) is 0 Å². The number of amides is 2. The molecule has 8 nitrogen and oxygen atoms in total. The van der Waals surface area contributed by atoms with Gasteiger partial charge in [0.1, 0.15) is 5.75 Å². The van der Waals surface area contributed by atoms with Gasteiger partial charge in [0.2, 0.25) is 11.8 Å². The highest BCUT2D eigenvalue weighted by atomic mass is 32.1. The molecule has 152 valence electrons. The summed E-state index contributed by atoms with van der Waals surface area (Å²) in [5, 5.41) is 10.6. The van der Waals surface area contributed by atoms with Crippen LogP contribution in [0.5, 0.6) is 5.75 Å². The van der Waals surface area contributed by atoms with Crippen molar-refractivity contribution in [3.63, 3.8) is 0 Å². The van der Waals surface area contributed by atoms with Gasteiger partial charge in [-0.05, 0) is 39.0 Å². The summed E-state index contributed by atoms with van der Waals surface area (Å²) in [4.78, 5) is 31.4. The quantitative estimate of drug-likeness (QED) is 0.647. The van der Waals surface area contributed by atoms with Gasteiger partial charge < -0.3 is 10.1 Å². The Labute approximate surface area is 172 Å². The van der Waals surface area contributed by atoms with E-state index in [1.54, 1.807) is 4.90 Å². The summed E-state index contributed by atoms with van der Waals surface area (Å²) >= 11 is 1.44. The molecule has 29 heavy (non-hydrogen) atoms. The number of H-pyrrole nitrogens is 1. The summed E-state index contributed by atoms with van der Waals surface area (Å²) in [6.07, 6.45) is 0.190. The van der Waals surface area contributed by atoms with Crippen LogP contribution in [0.3, 0.4) is 0 Å². The van der Waals surface area contributed by atoms with Crippen LogP contribution < -0.4 is 15.0 Å². The van der Waals surface area contributed by atoms with Crippen LogP contribution in [0.2, 0.25) is 0 Å². The van der Waals surface area contributed by atoms with Crippen molar-refractivity contribution in [2.45, 2.75) is 33.7 Å². The van der Waals surface area contributed by atoms with Crippen LogP contribution in [-0.2, 0) is 16.1 Å². The number of fused-ring (bicyclic) bond motifs is 1. The minimum Gasteiger partial charge on any atom is -0.494 e. The highest BCUT2D eigenvalue weighted by Crippen LogP contribution is 2.34. The molecule has 0 bridgehead atoms. The van der Waals surface area contributed by atoms with Gasteiger partial charge in [-0.15, -0.1) is 0 Å². The molecule has 1 fully saturated rings. The molecule has 0 spiro atoms. The average Bonchev–Trinajstić information content (AvgIpc) is 3.37. The molecule has 2 N–H and O–H groups in total. The molecule has 1 aliphatic heterocycles. The minimum absolute atomic E-state index is 0.0788. The lowest BCUT2D eigenvalue weighted by atomic mass is 10.1. The minimum atomic E-state index is -0.388. The van der Waals surface area contributed by atoms with Crippen molar-refractivity contribution in [3.8, 4) is 5.75 Å². The number of aromatic amines is 1. The molecule has 1 aliphatic rings. The monoisotopic (exact) mass is 413 g/mol. The van der Waals surface area contributed by atoms with E-state index >= 15 is 0 Å². The second-order valence-corrected chi connectivity index (χ2v) is 8.10. The van der Waals surface area contributed by atoms with Gasteiger partial charge in [0.15, 0.2) is 5.13 Å². The third-order valence-corrected chi connectivity index (χ3v) is 6.15. The number of benzene rings is 1. The first-order valence-corrected chi connectivity index (χ1v) is 10.4. The van der Waals surface area contributed by atoms with E-state index in [9.17, 15) is 9.59 Å². The van der Waals surface area contributed by atoms with E-state index in [-0.39, 0.29) is 24.2 Å². The number of nitrogens with one attached hydrogen (secondary N) is 2. The molecule has 2 amide bonds. The topological polar surface area (TPSA) is 100 Å². The van der Waals surface area contributed by atoms with Crippen molar-refractivity contribution in [3.05, 3.63) is 35.2 Å². The summed E-state index contributed by atoms with van der Waals surface area (Å²) < 4.78 is 6.49. The first-order valence-electron chi connectivity index (χ1n) is 9.58. The van der Waals surface area contributed by atoms with Gasteiger partial charge in [0.05, 0.1) is 28.4 Å². The maximum absolute atomic E-state index is 12.6. The molecule has 4 rings (SSSR count). The lowest BCUT2D eigenvalue weighted by Crippen LogP contribution is -2.32. The first-order chi connectivity index (χ1) is 14.0. The Balaban J connectivity index is 1.44. The van der Waals surface area contributed by atoms with Crippen LogP contribution >= 0.6 is 11.3 Å². The summed E-state index contributed by atoms with van der Waals surface area (Å²) in [6.45, 7) is 7.09. The second kappa shape index (κ2) is 7.82. The fourth-order valence-electron chi connectivity index (χ4n) is 3.49. The van der Waals surface area contributed by atoms with Crippen LogP contribution in [0, 0.1) is 19.8 Å². The normalized spacial score (nSPS) is 16.6. The number of carbonyl (C=O) groups excluding carboxylic acids is 2. The third-order valence-electron chi connectivity index (χ3n) is 5.11. The van der Waals surface area contributed by atoms with Crippen LogP contribution in [0.15, 0.2) is 18.2 Å². The number of rotatable bonds is 6. The van der Waals surface area contributed by atoms with Crippen molar-refractivity contribution >= 4 is 38.5 Å². The lowest BCUT2D eigenvalue weighted by molar-refractivity contribution is -0.126. The molecule has 9 heteroatoms. The molecule has 1 atom stereocenters. The smallest absolute Gasteiger partial charge is 0.229 e. The molecule has 3 aromatic rings. The Bertz CT molecular complexity index is 1050. The Kier molecular flexibility index (Phi) is 5.23. The van der Waals surface area contributed by atoms with E-state index in [0.29, 0.717) is 24.8 Å². The number of nitrogens with zero attached hydrogens (tertiary/aromatic N) is 3. The molecule has 0 aliphatic carbocycles. The van der Waals surface area contributed by atoms with Gasteiger partial charge in [0.25, 0.3) is 0 Å². The zero-order chi connectivity index (χ0) is 20.5. The van der Waals surface area contributed by atoms with E-state index in [2.05, 4.69) is 20.5 Å². The number of anilines is 1. The van der Waals surface area contributed by atoms with Gasteiger partial charge in [-0.2, -0.15) is 5.10 Å². The van der Waals surface area contributed by atoms with Crippen LogP contribution in [0.1, 0.15) is 30.3 Å². The molecule has 1 saturated heterocycles. The van der Waals surface area contributed by atoms with Crippen molar-refractivity contribution in [2.75, 3.05) is 18.1 Å². The van der Waals surface area contributed by atoms with Gasteiger partial charge >= 0.3 is 0 Å². The highest BCUT2D eigenvalue weighted by Gasteiger charge is 2.36. The summed E-state index contributed by atoms with van der Waals surface area (Å²) in [6, 6.07) is 5.69. The first kappa shape index (κ1) is 19.4. The number of carbonyl (C=O) groups is 2. The molecule has 3 heterocycles. The van der Waals surface area contributed by atoms with Crippen molar-refractivity contribution < 1.29 is 14.3 Å². The Morgan fingerprint density at radius 3 is 2.97 bits per heavy atom. The Morgan fingerprint density at radius 2 is 2.24 bits per heavy atom. The maximum Gasteiger partial charge on any atom is 0.229 e. The Morgan fingerprint density at radius 1 is 1.41 bits per heavy atom. The molecular weight excluding hydrogens is 390 g/mol. The fraction of sp³-hybridized carbons (Fsp3) is 0.400. The number of thiazole rings is 1. The van der Waals surface area contributed by atoms with Gasteiger partial charge in [0, 0.05) is 30.8 Å². The molecule has 0 saturated carbocycles. The number of aryl methyl sites for hydroxylation is 2. The van der Waals surface area contributed by atoms with E-state index < -0.39 is 0 Å². The summed E-state index contributed by atoms with van der Waals surface area (Å²) in [5.41, 5.74) is 3.61. The van der Waals surface area contributed by atoms with E-state index in [1.165, 1.54) is 11.3 Å². The fourth-order valence-corrected chi connectivity index (χ4v) is 4.51. The molecule has 0 radical (unpaired) electrons. The van der Waals surface area contributed by atoms with Crippen LogP contribution in [0.4, 0.5) is 5.13 Å². The summed E-state index contributed by atoms with van der Waals surface area (Å²) in [5.74, 6) is 0.191. The van der Waals surface area contributed by atoms with Gasteiger partial charge in [-0.1, -0.05) is 11.3 Å². The zero-order valence-corrected chi connectivity index (χ0v) is 17.4. The molecule has 1 aromatic carbocycles. The van der Waals surface area contributed by atoms with Crippen molar-refractivity contribution in [2.24, 2.45) is 5.92 Å². The number of ether oxygens (including phenoxy) is 1. The van der Waals surface area contributed by atoms with Crippen LogP contribution in [0.25, 0.3) is 10.2 Å². The molecule has 1 unspecified atom stereocenters. The highest BCUT2D eigenvalue weighted by molar-refractivity contribution is 7.22. The maximum atomic E-state index is 12.6. The average molecular weight is 414 g/mol. The summed E-state index contributed by atoms with van der Waals surface area (Å²) in [7, 11) is 0. The Hall–Kier alpha value is -2.94. The predicted molar refractivity (Wildman–Crippen MR) is 111 cm³/mol. The number of aromatic nitrogens is 3. The van der Waals surface area contributed by atoms with Crippen molar-refractivity contribution in [1.82, 2.24) is 20.5 Å². The van der Waals surface area contributed by atoms with E-state index in [1.807, 2.05) is 39.0 Å². The lowest BCUT2D eigenvalue weighted by Gasteiger charge is -2.13. The zero-order valence-electron chi connectivity index (χ0n) is 16.6. The number of hydrogen-bond donors (Lipinski definition) is 2. The standard InChI is InChI=1S/C20H23N5O3S/c1-4-28-14-5-6-16-17(8-14)29-20(22-16)25-10-13(7-18(25)26)19(27)21-9-15-11(2)23-24-12(15)3/h5-6,8,13H,4,7,9-10H2,1-3H3,(H,21,27)(H,23,24). The largest absolute Gasteiger partial charge is 0.494 e. The molecular formula is C20H23N5O3S. The third kappa shape index (κ3) is 3.82. The second-order valence-electron chi connectivity index (χ2n) is 7.09. The van der Waals surface area contributed by atoms with Gasteiger partial charge in [-0.25, -0.2) is 4.98 Å². The predicted octanol–water partition coefficient (Wildman–Crippen LogP) is 2.70. The van der Waals surface area contributed by atoms with E-state index in [0.717, 1.165) is 32.9 Å². The van der Waals surface area contributed by atoms with Gasteiger partial charge in [-0.3, -0.25) is 19.6 Å². The molecule has 2 aromatic heterocycles. The SMILES string of the molecule is CCOc1ccc2nc(N3CC(C(=O)NCc4c(C)n[nH]c4C)CC3=O)sc2c1. The van der Waals surface area contributed by atoms with E-state index in [4.69, 9.17) is 4.74 Å². The van der Waals surface area contributed by atoms with Crippen LogP contribution in [-0.4, -0.2) is 40.1 Å².